The summed E-state index contributed by atoms with van der Waals surface area (Å²) in [6.45, 7) is 13.0. The van der Waals surface area contributed by atoms with Crippen LogP contribution in [0.5, 0.6) is 0 Å². The molecule has 230 valence electrons. The fourth-order valence-corrected chi connectivity index (χ4v) is 10.7. The van der Waals surface area contributed by atoms with E-state index < -0.39 is 15.8 Å². The largest absolute Gasteiger partial charge is 0.0613 e. The minimum atomic E-state index is -0.495. The zero-order valence-electron chi connectivity index (χ0n) is 27.1. The Hall–Kier alpha value is -3.33. The molecule has 0 bridgehead atoms. The van der Waals surface area contributed by atoms with Crippen LogP contribution >= 0.6 is 15.8 Å². The quantitative estimate of drug-likeness (QED) is 0.123. The number of aryl methyl sites for hydroxylation is 6. The fraction of sp³-hybridized carbons (Fsp3) is 0.143. The molecule has 45 heavy (non-hydrogen) atoms. The minimum Gasteiger partial charge on any atom is -0.0613 e. The van der Waals surface area contributed by atoms with Crippen LogP contribution in [0, 0.1) is 41.5 Å². The van der Waals surface area contributed by atoms with Gasteiger partial charge in [-0.05, 0) is 89.2 Å². The van der Waals surface area contributed by atoms with E-state index >= 15 is 0 Å². The van der Waals surface area contributed by atoms with Gasteiger partial charge in [-0.1, -0.05) is 179 Å². The summed E-state index contributed by atoms with van der Waals surface area (Å²) in [6, 6.07) is 53.6. The van der Waals surface area contributed by atoms with Gasteiger partial charge in [-0.3, -0.25) is 0 Å². The second-order valence-corrected chi connectivity index (χ2v) is 16.1. The molecule has 0 aromatic heterocycles. The van der Waals surface area contributed by atoms with Crippen molar-refractivity contribution in [1.82, 2.24) is 0 Å². The maximum atomic E-state index is 2.33. The van der Waals surface area contributed by atoms with Crippen molar-refractivity contribution in [3.05, 3.63) is 179 Å². The van der Waals surface area contributed by atoms with Crippen LogP contribution < -0.4 is 31.8 Å². The Balaban J connectivity index is 0.000000200. The second-order valence-electron chi connectivity index (χ2n) is 11.7. The van der Waals surface area contributed by atoms with Gasteiger partial charge in [0.15, 0.2) is 0 Å². The average Bonchev–Trinajstić information content (AvgIpc) is 2.98. The van der Waals surface area contributed by atoms with E-state index in [9.17, 15) is 0 Å². The Morgan fingerprint density at radius 3 is 0.556 bits per heavy atom. The van der Waals surface area contributed by atoms with Gasteiger partial charge >= 0.3 is 0 Å². The van der Waals surface area contributed by atoms with Gasteiger partial charge < -0.3 is 0 Å². The molecule has 3 heteroatoms. The third kappa shape index (κ3) is 9.35. The summed E-state index contributed by atoms with van der Waals surface area (Å²) in [5.41, 5.74) is 7.95. The first-order chi connectivity index (χ1) is 21.3. The molecule has 6 rings (SSSR count). The topological polar surface area (TPSA) is 0 Å². The Kier molecular flexibility index (Phi) is 12.5. The smallest absolute Gasteiger partial charge is 0 e. The SMILES string of the molecule is Cc1cccc(P(c2cccc(C)c2)c2cccc(C)c2)c1.Cc1cccc(P(c2cccc(C)c2)c2cccc(C)c2)c1.[Ni]. The van der Waals surface area contributed by atoms with E-state index in [4.69, 9.17) is 0 Å². The van der Waals surface area contributed by atoms with Crippen molar-refractivity contribution in [2.75, 3.05) is 0 Å². The third-order valence-corrected chi connectivity index (χ3v) is 12.3. The third-order valence-electron chi connectivity index (χ3n) is 7.56. The van der Waals surface area contributed by atoms with E-state index in [2.05, 4.69) is 187 Å². The van der Waals surface area contributed by atoms with E-state index in [-0.39, 0.29) is 16.5 Å². The Morgan fingerprint density at radius 2 is 0.422 bits per heavy atom. The van der Waals surface area contributed by atoms with Crippen LogP contribution in [0.3, 0.4) is 0 Å². The minimum absolute atomic E-state index is 0. The van der Waals surface area contributed by atoms with Crippen molar-refractivity contribution in [3.63, 3.8) is 0 Å². The van der Waals surface area contributed by atoms with Gasteiger partial charge in [0.2, 0.25) is 0 Å². The van der Waals surface area contributed by atoms with Crippen LogP contribution in [-0.2, 0) is 16.5 Å². The molecule has 0 heterocycles. The first kappa shape index (κ1) is 34.5. The molecule has 0 aliphatic carbocycles. The van der Waals surface area contributed by atoms with Crippen molar-refractivity contribution < 1.29 is 16.5 Å². The first-order valence-electron chi connectivity index (χ1n) is 15.3. The van der Waals surface area contributed by atoms with Crippen LogP contribution in [0.25, 0.3) is 0 Å². The van der Waals surface area contributed by atoms with Crippen LogP contribution in [0.15, 0.2) is 146 Å². The zero-order chi connectivity index (χ0) is 31.1. The molecule has 0 saturated carbocycles. The summed E-state index contributed by atoms with van der Waals surface area (Å²) in [4.78, 5) is 0. The number of benzene rings is 6. The molecule has 0 spiro atoms. The molecule has 0 aliphatic rings. The van der Waals surface area contributed by atoms with E-state index in [0.29, 0.717) is 0 Å². The van der Waals surface area contributed by atoms with Crippen LogP contribution in [0.4, 0.5) is 0 Å². The van der Waals surface area contributed by atoms with Crippen LogP contribution in [0.2, 0.25) is 0 Å². The number of rotatable bonds is 6. The van der Waals surface area contributed by atoms with Gasteiger partial charge in [-0.15, -0.1) is 0 Å². The van der Waals surface area contributed by atoms with Gasteiger partial charge in [0.1, 0.15) is 0 Å². The Bertz CT molecular complexity index is 1510. The molecule has 0 radical (unpaired) electrons. The molecule has 6 aromatic rings. The molecule has 0 unspecified atom stereocenters. The van der Waals surface area contributed by atoms with E-state index in [1.807, 2.05) is 0 Å². The summed E-state index contributed by atoms with van der Waals surface area (Å²) in [5, 5.41) is 8.53. The number of hydrogen-bond donors (Lipinski definition) is 0. The molecule has 0 nitrogen and oxygen atoms in total. The predicted octanol–water partition coefficient (Wildman–Crippen LogP) is 8.74. The molecule has 6 aromatic carbocycles. The van der Waals surface area contributed by atoms with Crippen molar-refractivity contribution in [2.45, 2.75) is 41.5 Å². The zero-order valence-corrected chi connectivity index (χ0v) is 29.8. The normalized spacial score (nSPS) is 10.7. The molecule has 0 amide bonds. The average molecular weight is 667 g/mol. The van der Waals surface area contributed by atoms with Crippen LogP contribution in [-0.4, -0.2) is 0 Å². The molecular formula is C42H42NiP2. The molecule has 0 aliphatic heterocycles. The molecule has 0 fully saturated rings. The summed E-state index contributed by atoms with van der Waals surface area (Å²) in [7, 11) is -0.989. The standard InChI is InChI=1S/2C21H21P.Ni/c2*1-16-7-4-10-19(13-16)22(20-11-5-8-17(2)14-20)21-12-6-9-18(3)15-21;/h2*4-15H,1-3H3;. The van der Waals surface area contributed by atoms with Gasteiger partial charge in [0.05, 0.1) is 0 Å². The summed E-state index contributed by atoms with van der Waals surface area (Å²) >= 11 is 0. The van der Waals surface area contributed by atoms with Gasteiger partial charge in [0.25, 0.3) is 0 Å². The molecule has 0 atom stereocenters. The van der Waals surface area contributed by atoms with Gasteiger partial charge in [-0.2, -0.15) is 0 Å². The van der Waals surface area contributed by atoms with Crippen molar-refractivity contribution in [3.8, 4) is 0 Å². The first-order valence-corrected chi connectivity index (χ1v) is 18.0. The second kappa shape index (κ2) is 16.3. The van der Waals surface area contributed by atoms with Crippen molar-refractivity contribution in [1.29, 1.82) is 0 Å². The Labute approximate surface area is 283 Å². The molecule has 0 N–H and O–H groups in total. The molecule has 0 saturated heterocycles. The predicted molar refractivity (Wildman–Crippen MR) is 199 cm³/mol. The Morgan fingerprint density at radius 1 is 0.267 bits per heavy atom. The van der Waals surface area contributed by atoms with Crippen molar-refractivity contribution >= 4 is 47.7 Å². The van der Waals surface area contributed by atoms with E-state index in [1.54, 1.807) is 0 Å². The maximum Gasteiger partial charge on any atom is 0 e. The van der Waals surface area contributed by atoms with Gasteiger partial charge in [-0.25, -0.2) is 0 Å². The van der Waals surface area contributed by atoms with Crippen molar-refractivity contribution in [2.24, 2.45) is 0 Å². The maximum absolute atomic E-state index is 2.33. The van der Waals surface area contributed by atoms with Crippen LogP contribution in [0.1, 0.15) is 33.4 Å². The van der Waals surface area contributed by atoms with E-state index in [0.717, 1.165) is 0 Å². The fourth-order valence-electron chi connectivity index (χ4n) is 5.50. The molecular weight excluding hydrogens is 625 g/mol. The van der Waals surface area contributed by atoms with E-state index in [1.165, 1.54) is 65.2 Å². The van der Waals surface area contributed by atoms with Gasteiger partial charge in [0, 0.05) is 16.5 Å². The number of hydrogen-bond acceptors (Lipinski definition) is 0. The summed E-state index contributed by atoms with van der Waals surface area (Å²) in [6.07, 6.45) is 0. The summed E-state index contributed by atoms with van der Waals surface area (Å²) in [5.74, 6) is 0. The summed E-state index contributed by atoms with van der Waals surface area (Å²) < 4.78 is 0. The monoisotopic (exact) mass is 666 g/mol.